The number of hydrogen-bond donors (Lipinski definition) is 2. The third-order valence-corrected chi connectivity index (χ3v) is 2.74. The quantitative estimate of drug-likeness (QED) is 0.701. The van der Waals surface area contributed by atoms with Crippen LogP contribution in [-0.4, -0.2) is 31.4 Å². The number of nitrogens with one attached hydrogen (secondary N) is 1. The average Bonchev–Trinajstić information content (AvgIpc) is 2.34. The third-order valence-electron chi connectivity index (χ3n) is 2.74. The fourth-order valence-corrected chi connectivity index (χ4v) is 1.84. The number of hydrogen-bond acceptors (Lipinski definition) is 3. The van der Waals surface area contributed by atoms with E-state index in [4.69, 9.17) is 5.73 Å². The fraction of sp³-hybridized carbons (Fsp3) is 0.333. The zero-order valence-electron chi connectivity index (χ0n) is 9.48. The second-order valence-corrected chi connectivity index (χ2v) is 3.92. The molecular weight excluding hydrogens is 218 g/mol. The van der Waals surface area contributed by atoms with E-state index >= 15 is 0 Å². The summed E-state index contributed by atoms with van der Waals surface area (Å²) in [4.78, 5) is 24.3. The van der Waals surface area contributed by atoms with Crippen molar-refractivity contribution in [2.75, 3.05) is 24.5 Å². The summed E-state index contributed by atoms with van der Waals surface area (Å²) in [7, 11) is 0. The molecule has 2 amide bonds. The molecule has 17 heavy (non-hydrogen) atoms. The number of nitrogens with zero attached hydrogens (tertiary/aromatic N) is 1. The molecule has 0 unspecified atom stereocenters. The molecule has 0 bridgehead atoms. The van der Waals surface area contributed by atoms with Crippen LogP contribution in [0.2, 0.25) is 0 Å². The van der Waals surface area contributed by atoms with Crippen LogP contribution >= 0.6 is 0 Å². The molecule has 1 heterocycles. The van der Waals surface area contributed by atoms with Crippen molar-refractivity contribution >= 4 is 17.5 Å². The van der Waals surface area contributed by atoms with Crippen molar-refractivity contribution in [1.82, 2.24) is 5.32 Å². The first kappa shape index (κ1) is 11.6. The zero-order chi connectivity index (χ0) is 12.3. The summed E-state index contributed by atoms with van der Waals surface area (Å²) in [6.07, 6.45) is 0.814. The zero-order valence-corrected chi connectivity index (χ0v) is 9.48. The summed E-state index contributed by atoms with van der Waals surface area (Å²) in [5.74, 6) is -1.04. The maximum absolute atomic E-state index is 11.6. The highest BCUT2D eigenvalue weighted by Gasteiger charge is 2.26. The summed E-state index contributed by atoms with van der Waals surface area (Å²) in [6.45, 7) is 1.61. The van der Waals surface area contributed by atoms with Gasteiger partial charge in [0.2, 0.25) is 0 Å². The number of carbonyl (C=O) groups is 2. The molecule has 1 aromatic carbocycles. The summed E-state index contributed by atoms with van der Waals surface area (Å²) in [5, 5.41) is 2.52. The van der Waals surface area contributed by atoms with E-state index in [0.29, 0.717) is 19.6 Å². The molecule has 3 N–H and O–H groups in total. The highest BCUT2D eigenvalue weighted by Crippen LogP contribution is 2.16. The lowest BCUT2D eigenvalue weighted by molar-refractivity contribution is -0.138. The van der Waals surface area contributed by atoms with Gasteiger partial charge < -0.3 is 16.0 Å². The van der Waals surface area contributed by atoms with E-state index < -0.39 is 11.8 Å². The van der Waals surface area contributed by atoms with Crippen LogP contribution in [-0.2, 0) is 16.0 Å². The minimum Gasteiger partial charge on any atom is -0.346 e. The number of carbonyl (C=O) groups excluding carboxylic acids is 2. The van der Waals surface area contributed by atoms with E-state index in [2.05, 4.69) is 5.32 Å². The predicted molar refractivity (Wildman–Crippen MR) is 64.6 cm³/mol. The molecule has 0 aromatic heterocycles. The molecule has 0 aliphatic carbocycles. The highest BCUT2D eigenvalue weighted by molar-refractivity contribution is 6.41. The van der Waals surface area contributed by atoms with Gasteiger partial charge in [-0.15, -0.1) is 0 Å². The van der Waals surface area contributed by atoms with Crippen molar-refractivity contribution in [3.05, 3.63) is 29.8 Å². The molecule has 0 atom stereocenters. The first-order valence-electron chi connectivity index (χ1n) is 5.61. The molecule has 5 nitrogen and oxygen atoms in total. The Morgan fingerprint density at radius 3 is 2.59 bits per heavy atom. The van der Waals surface area contributed by atoms with Crippen LogP contribution in [0.4, 0.5) is 5.69 Å². The van der Waals surface area contributed by atoms with Gasteiger partial charge >= 0.3 is 11.8 Å². The maximum atomic E-state index is 11.6. The summed E-state index contributed by atoms with van der Waals surface area (Å²) < 4.78 is 0. The number of anilines is 1. The Kier molecular flexibility index (Phi) is 3.39. The maximum Gasteiger partial charge on any atom is 0.316 e. The van der Waals surface area contributed by atoms with Crippen LogP contribution in [0.15, 0.2) is 24.3 Å². The Hall–Kier alpha value is -1.88. The number of amides is 2. The Morgan fingerprint density at radius 2 is 1.94 bits per heavy atom. The molecule has 0 radical (unpaired) electrons. The van der Waals surface area contributed by atoms with Gasteiger partial charge in [0.25, 0.3) is 0 Å². The average molecular weight is 233 g/mol. The van der Waals surface area contributed by atoms with Gasteiger partial charge in [-0.2, -0.15) is 0 Å². The standard InChI is InChI=1S/C12H15N3O2/c13-6-5-9-1-3-10(4-2-9)15-8-7-14-11(16)12(15)17/h1-4H,5-8,13H2,(H,14,16). The van der Waals surface area contributed by atoms with Crippen LogP contribution in [0.1, 0.15) is 5.56 Å². The Bertz CT molecular complexity index is 428. The lowest BCUT2D eigenvalue weighted by atomic mass is 10.1. The minimum absolute atomic E-state index is 0.495. The SMILES string of the molecule is NCCc1ccc(N2CCNC(=O)C2=O)cc1. The first-order valence-corrected chi connectivity index (χ1v) is 5.61. The Labute approximate surface area is 99.6 Å². The number of piperazine rings is 1. The van der Waals surface area contributed by atoms with Crippen LogP contribution in [0.25, 0.3) is 0 Å². The number of benzene rings is 1. The lowest BCUT2D eigenvalue weighted by Crippen LogP contribution is -2.52. The van der Waals surface area contributed by atoms with Crippen molar-refractivity contribution in [3.63, 3.8) is 0 Å². The molecule has 1 aliphatic rings. The van der Waals surface area contributed by atoms with Gasteiger partial charge in [-0.3, -0.25) is 9.59 Å². The highest BCUT2D eigenvalue weighted by atomic mass is 16.2. The second-order valence-electron chi connectivity index (χ2n) is 3.92. The van der Waals surface area contributed by atoms with Gasteiger partial charge in [-0.25, -0.2) is 0 Å². The summed E-state index contributed by atoms with van der Waals surface area (Å²) in [6, 6.07) is 7.56. The van der Waals surface area contributed by atoms with Gasteiger partial charge in [0.15, 0.2) is 0 Å². The molecule has 1 saturated heterocycles. The first-order chi connectivity index (χ1) is 8.22. The van der Waals surface area contributed by atoms with E-state index in [1.165, 1.54) is 4.90 Å². The van der Waals surface area contributed by atoms with Crippen molar-refractivity contribution in [3.8, 4) is 0 Å². The number of rotatable bonds is 3. The Morgan fingerprint density at radius 1 is 1.24 bits per heavy atom. The molecule has 0 spiro atoms. The lowest BCUT2D eigenvalue weighted by Gasteiger charge is -2.26. The van der Waals surface area contributed by atoms with Gasteiger partial charge in [-0.1, -0.05) is 12.1 Å². The van der Waals surface area contributed by atoms with E-state index in [9.17, 15) is 9.59 Å². The normalized spacial score (nSPS) is 15.9. The monoisotopic (exact) mass is 233 g/mol. The fourth-order valence-electron chi connectivity index (χ4n) is 1.84. The minimum atomic E-state index is -0.540. The van der Waals surface area contributed by atoms with E-state index in [1.807, 2.05) is 24.3 Å². The van der Waals surface area contributed by atoms with Crippen LogP contribution in [0.3, 0.4) is 0 Å². The largest absolute Gasteiger partial charge is 0.346 e. The van der Waals surface area contributed by atoms with Gasteiger partial charge in [-0.05, 0) is 30.7 Å². The molecule has 1 aliphatic heterocycles. The summed E-state index contributed by atoms with van der Waals surface area (Å²) in [5.41, 5.74) is 7.35. The van der Waals surface area contributed by atoms with Crippen LogP contribution in [0, 0.1) is 0 Å². The molecule has 5 heteroatoms. The molecule has 90 valence electrons. The predicted octanol–water partition coefficient (Wildman–Crippen LogP) is -0.349. The van der Waals surface area contributed by atoms with Crippen LogP contribution < -0.4 is 16.0 Å². The molecule has 2 rings (SSSR count). The number of nitrogens with two attached hydrogens (primary N) is 1. The molecular formula is C12H15N3O2. The molecule has 1 fully saturated rings. The van der Waals surface area contributed by atoms with E-state index in [0.717, 1.165) is 17.7 Å². The second kappa shape index (κ2) is 4.97. The van der Waals surface area contributed by atoms with E-state index in [1.54, 1.807) is 0 Å². The molecule has 1 aromatic rings. The topological polar surface area (TPSA) is 75.4 Å². The van der Waals surface area contributed by atoms with Crippen molar-refractivity contribution < 1.29 is 9.59 Å². The Balaban J connectivity index is 2.16. The van der Waals surface area contributed by atoms with Crippen molar-refractivity contribution in [2.45, 2.75) is 6.42 Å². The van der Waals surface area contributed by atoms with Gasteiger partial charge in [0.1, 0.15) is 0 Å². The van der Waals surface area contributed by atoms with Gasteiger partial charge in [0.05, 0.1) is 0 Å². The van der Waals surface area contributed by atoms with E-state index in [-0.39, 0.29) is 0 Å². The smallest absolute Gasteiger partial charge is 0.316 e. The third kappa shape index (κ3) is 2.45. The molecule has 0 saturated carbocycles. The summed E-state index contributed by atoms with van der Waals surface area (Å²) >= 11 is 0. The van der Waals surface area contributed by atoms with Gasteiger partial charge in [0, 0.05) is 18.8 Å². The van der Waals surface area contributed by atoms with Crippen molar-refractivity contribution in [2.24, 2.45) is 5.73 Å². The van der Waals surface area contributed by atoms with Crippen molar-refractivity contribution in [1.29, 1.82) is 0 Å². The van der Waals surface area contributed by atoms with Crippen LogP contribution in [0.5, 0.6) is 0 Å².